The van der Waals surface area contributed by atoms with Crippen LogP contribution in [-0.2, 0) is 13.6 Å². The Balaban J connectivity index is 3.89. The molecule has 0 atom stereocenters. The normalized spacial score (nSPS) is 11.9. The Morgan fingerprint density at radius 3 is 1.80 bits per heavy atom. The molecule has 0 saturated carbocycles. The third-order valence-corrected chi connectivity index (χ3v) is 5.71. The van der Waals surface area contributed by atoms with Gasteiger partial charge in [0.15, 0.2) is 0 Å². The summed E-state index contributed by atoms with van der Waals surface area (Å²) < 4.78 is 22.8. The monoisotopic (exact) mass is 254 g/mol. The van der Waals surface area contributed by atoms with Crippen molar-refractivity contribution in [2.75, 3.05) is 19.0 Å². The third kappa shape index (κ3) is 8.32. The Hall–Kier alpha value is 0.500. The second-order valence-electron chi connectivity index (χ2n) is 3.24. The van der Waals surface area contributed by atoms with Gasteiger partial charge in [0.25, 0.3) is 0 Å². The molecule has 92 valence electrons. The minimum Gasteiger partial charge on any atom is -0.301 e. The van der Waals surface area contributed by atoms with Crippen molar-refractivity contribution in [1.82, 2.24) is 0 Å². The van der Waals surface area contributed by atoms with E-state index >= 15 is 0 Å². The first-order valence-corrected chi connectivity index (χ1v) is 8.85. The molecule has 0 amide bonds. The third-order valence-electron chi connectivity index (χ3n) is 1.78. The zero-order valence-corrected chi connectivity index (χ0v) is 11.7. The van der Waals surface area contributed by atoms with Gasteiger partial charge in [-0.2, -0.15) is 0 Å². The summed E-state index contributed by atoms with van der Waals surface area (Å²) in [5.41, 5.74) is 0. The van der Waals surface area contributed by atoms with Crippen molar-refractivity contribution in [3.63, 3.8) is 0 Å². The van der Waals surface area contributed by atoms with Gasteiger partial charge in [-0.15, -0.1) is 0 Å². The van der Waals surface area contributed by atoms with E-state index in [1.54, 1.807) is 0 Å². The van der Waals surface area contributed by atoms with Crippen molar-refractivity contribution < 1.29 is 13.6 Å². The lowest BCUT2D eigenvalue weighted by atomic mass is 10.4. The summed E-state index contributed by atoms with van der Waals surface area (Å²) in [5, 5.41) is 0. The maximum atomic E-state index is 12.1. The summed E-state index contributed by atoms with van der Waals surface area (Å²) in [6.45, 7) is 4.33. The van der Waals surface area contributed by atoms with Crippen molar-refractivity contribution in [1.29, 1.82) is 0 Å². The minimum absolute atomic E-state index is 0.535. The maximum Gasteiger partial charge on any atom is 0.389 e. The lowest BCUT2D eigenvalue weighted by molar-refractivity contribution is 0.215. The minimum atomic E-state index is -2.86. The average molecular weight is 254 g/mol. The van der Waals surface area contributed by atoms with Crippen molar-refractivity contribution >= 4 is 18.2 Å². The Labute approximate surface area is 97.6 Å². The fourth-order valence-electron chi connectivity index (χ4n) is 0.911. The van der Waals surface area contributed by atoms with Crippen LogP contribution in [-0.4, -0.2) is 19.0 Å². The first-order valence-electron chi connectivity index (χ1n) is 5.72. The van der Waals surface area contributed by atoms with Gasteiger partial charge in [0.1, 0.15) is 0 Å². The summed E-state index contributed by atoms with van der Waals surface area (Å²) in [6.07, 6.45) is 3.97. The summed E-state index contributed by atoms with van der Waals surface area (Å²) >= 11 is 1.29. The molecule has 0 radical (unpaired) electrons. The quantitative estimate of drug-likeness (QED) is 0.425. The highest BCUT2D eigenvalue weighted by molar-refractivity contribution is 8.55. The zero-order valence-electron chi connectivity index (χ0n) is 10.0. The molecule has 0 heterocycles. The molecule has 0 aromatic heterocycles. The topological polar surface area (TPSA) is 35.5 Å². The lowest BCUT2D eigenvalue weighted by Crippen LogP contribution is -1.97. The molecule has 0 saturated heterocycles. The molecule has 5 heteroatoms. The van der Waals surface area contributed by atoms with Gasteiger partial charge < -0.3 is 9.05 Å². The molecule has 15 heavy (non-hydrogen) atoms. The van der Waals surface area contributed by atoms with E-state index < -0.39 is 6.80 Å². The molecular weight excluding hydrogens is 231 g/mol. The van der Waals surface area contributed by atoms with Gasteiger partial charge in [-0.1, -0.05) is 33.6 Å². The van der Waals surface area contributed by atoms with Gasteiger partial charge in [0.05, 0.1) is 13.2 Å². The van der Waals surface area contributed by atoms with Crippen molar-refractivity contribution in [2.45, 2.75) is 46.5 Å². The summed E-state index contributed by atoms with van der Waals surface area (Å²) in [7, 11) is 0. The molecule has 0 unspecified atom stereocenters. The Morgan fingerprint density at radius 2 is 1.47 bits per heavy atom. The summed E-state index contributed by atoms with van der Waals surface area (Å²) in [6, 6.07) is 0. The molecular formula is C10H23O3PS. The van der Waals surface area contributed by atoms with E-state index in [1.165, 1.54) is 11.4 Å². The summed E-state index contributed by atoms with van der Waals surface area (Å²) in [4.78, 5) is 0. The van der Waals surface area contributed by atoms with Crippen LogP contribution in [0.3, 0.4) is 0 Å². The van der Waals surface area contributed by atoms with E-state index in [2.05, 4.69) is 13.8 Å². The number of hydrogen-bond acceptors (Lipinski definition) is 4. The van der Waals surface area contributed by atoms with E-state index in [0.29, 0.717) is 13.2 Å². The predicted octanol–water partition coefficient (Wildman–Crippen LogP) is 4.48. The van der Waals surface area contributed by atoms with Crippen LogP contribution in [0.25, 0.3) is 0 Å². The van der Waals surface area contributed by atoms with Crippen molar-refractivity contribution in [3.8, 4) is 0 Å². The van der Waals surface area contributed by atoms with Crippen molar-refractivity contribution in [3.05, 3.63) is 0 Å². The van der Waals surface area contributed by atoms with Crippen molar-refractivity contribution in [2.24, 2.45) is 0 Å². The molecule has 0 fully saturated rings. The first-order chi connectivity index (χ1) is 7.18. The van der Waals surface area contributed by atoms with Gasteiger partial charge in [0.2, 0.25) is 0 Å². The fourth-order valence-corrected chi connectivity index (χ4v) is 4.00. The highest BCUT2D eigenvalue weighted by Crippen LogP contribution is 2.60. The maximum absolute atomic E-state index is 12.1. The molecule has 0 spiro atoms. The van der Waals surface area contributed by atoms with Gasteiger partial charge >= 0.3 is 6.80 Å². The van der Waals surface area contributed by atoms with Gasteiger partial charge in [-0.05, 0) is 24.2 Å². The molecule has 0 rings (SSSR count). The Bertz CT molecular complexity index is 174. The Kier molecular flexibility index (Phi) is 10.0. The second kappa shape index (κ2) is 9.71. The van der Waals surface area contributed by atoms with Gasteiger partial charge in [0, 0.05) is 5.75 Å². The van der Waals surface area contributed by atoms with E-state index in [1.807, 2.05) is 6.92 Å². The average Bonchev–Trinajstić information content (AvgIpc) is 2.19. The van der Waals surface area contributed by atoms with Crippen LogP contribution in [0.15, 0.2) is 0 Å². The first kappa shape index (κ1) is 15.5. The highest BCUT2D eigenvalue weighted by atomic mass is 32.7. The standard InChI is InChI=1S/C10H23O3PS/c1-4-7-9-12-14(11,15-6-3)13-10-8-5-2/h4-10H2,1-3H3. The van der Waals surface area contributed by atoms with Gasteiger partial charge in [-0.3, -0.25) is 0 Å². The molecule has 0 aromatic rings. The molecule has 0 aromatic carbocycles. The van der Waals surface area contributed by atoms with Crippen LogP contribution in [0.4, 0.5) is 0 Å². The lowest BCUT2D eigenvalue weighted by Gasteiger charge is -2.16. The van der Waals surface area contributed by atoms with E-state index in [-0.39, 0.29) is 0 Å². The largest absolute Gasteiger partial charge is 0.389 e. The smallest absolute Gasteiger partial charge is 0.301 e. The van der Waals surface area contributed by atoms with E-state index in [0.717, 1.165) is 31.4 Å². The van der Waals surface area contributed by atoms with Gasteiger partial charge in [-0.25, -0.2) is 4.57 Å². The predicted molar refractivity (Wildman–Crippen MR) is 67.5 cm³/mol. The molecule has 0 aliphatic heterocycles. The Morgan fingerprint density at radius 1 is 1.00 bits per heavy atom. The molecule has 3 nitrogen and oxygen atoms in total. The van der Waals surface area contributed by atoms with E-state index in [9.17, 15) is 4.57 Å². The number of hydrogen-bond donors (Lipinski definition) is 0. The second-order valence-corrected chi connectivity index (χ2v) is 7.60. The summed E-state index contributed by atoms with van der Waals surface area (Å²) in [5.74, 6) is 0.759. The molecule has 0 N–H and O–H groups in total. The molecule has 0 aliphatic rings. The number of rotatable bonds is 10. The van der Waals surface area contributed by atoms with Crippen LogP contribution < -0.4 is 0 Å². The van der Waals surface area contributed by atoms with Crippen LogP contribution in [0.5, 0.6) is 0 Å². The fraction of sp³-hybridized carbons (Fsp3) is 1.00. The van der Waals surface area contributed by atoms with Crippen LogP contribution in [0.2, 0.25) is 0 Å². The SMILES string of the molecule is CCCCOP(=O)(OCCCC)SCC. The van der Waals surface area contributed by atoms with Crippen LogP contribution in [0, 0.1) is 0 Å². The highest BCUT2D eigenvalue weighted by Gasteiger charge is 2.23. The van der Waals surface area contributed by atoms with Crippen LogP contribution >= 0.6 is 18.2 Å². The zero-order chi connectivity index (χ0) is 11.6. The molecule has 0 aliphatic carbocycles. The number of unbranched alkanes of at least 4 members (excludes halogenated alkanes) is 2. The van der Waals surface area contributed by atoms with Crippen LogP contribution in [0.1, 0.15) is 46.5 Å². The van der Waals surface area contributed by atoms with E-state index in [4.69, 9.17) is 9.05 Å². The molecule has 0 bridgehead atoms.